The van der Waals surface area contributed by atoms with E-state index >= 15 is 0 Å². The second-order valence-corrected chi connectivity index (χ2v) is 12.3. The molecule has 4 heterocycles. The fourth-order valence-electron chi connectivity index (χ4n) is 6.24. The van der Waals surface area contributed by atoms with Gasteiger partial charge in [-0.15, -0.1) is 0 Å². The predicted molar refractivity (Wildman–Crippen MR) is 165 cm³/mol. The molecule has 2 fully saturated rings. The normalized spacial score (nSPS) is 18.6. The number of nitrogens with one attached hydrogen (secondary N) is 1. The Hall–Kier alpha value is -4.13. The van der Waals surface area contributed by atoms with E-state index in [0.717, 1.165) is 40.9 Å². The molecule has 3 aromatic rings. The van der Waals surface area contributed by atoms with Crippen LogP contribution in [0.25, 0.3) is 5.69 Å². The number of benzene rings is 2. The third-order valence-electron chi connectivity index (χ3n) is 8.75. The minimum Gasteiger partial charge on any atom is -0.342 e. The van der Waals surface area contributed by atoms with Gasteiger partial charge in [-0.3, -0.25) is 24.5 Å². The first-order valence-electron chi connectivity index (χ1n) is 14.7. The monoisotopic (exact) mass is 631 g/mol. The summed E-state index contributed by atoms with van der Waals surface area (Å²) in [6.45, 7) is 5.35. The number of imide groups is 1. The van der Waals surface area contributed by atoms with Crippen molar-refractivity contribution in [2.75, 3.05) is 13.1 Å². The van der Waals surface area contributed by atoms with E-state index < -0.39 is 11.9 Å². The van der Waals surface area contributed by atoms with Crippen molar-refractivity contribution in [1.82, 2.24) is 24.9 Å². The van der Waals surface area contributed by atoms with Crippen LogP contribution in [0.3, 0.4) is 0 Å². The van der Waals surface area contributed by atoms with Crippen LogP contribution in [0.4, 0.5) is 0 Å². The summed E-state index contributed by atoms with van der Waals surface area (Å²) in [5.74, 6) is 5.88. The summed E-state index contributed by atoms with van der Waals surface area (Å²) in [6, 6.07) is 10.1. The molecule has 3 aliphatic heterocycles. The predicted octanol–water partition coefficient (Wildman–Crippen LogP) is 4.39. The minimum absolute atomic E-state index is 0.0531. The third-order valence-corrected chi connectivity index (χ3v) is 9.29. The number of aromatic nitrogens is 2. The fraction of sp³-hybridized carbons (Fsp3) is 0.364. The van der Waals surface area contributed by atoms with Crippen LogP contribution >= 0.6 is 23.2 Å². The summed E-state index contributed by atoms with van der Waals surface area (Å²) in [4.78, 5) is 53.8. The zero-order chi connectivity index (χ0) is 31.1. The second kappa shape index (κ2) is 12.1. The highest BCUT2D eigenvalue weighted by atomic mass is 35.5. The maximum Gasteiger partial charge on any atom is 0.255 e. The second-order valence-electron chi connectivity index (χ2n) is 11.5. The molecule has 0 radical (unpaired) electrons. The van der Waals surface area contributed by atoms with E-state index in [-0.39, 0.29) is 43.0 Å². The Morgan fingerprint density at radius 2 is 1.84 bits per heavy atom. The van der Waals surface area contributed by atoms with Crippen LogP contribution in [-0.2, 0) is 27.3 Å². The molecule has 1 aromatic heterocycles. The van der Waals surface area contributed by atoms with Crippen molar-refractivity contribution in [1.29, 1.82) is 0 Å². The van der Waals surface area contributed by atoms with Gasteiger partial charge in [-0.2, -0.15) is 5.10 Å². The van der Waals surface area contributed by atoms with E-state index in [2.05, 4.69) is 22.3 Å². The van der Waals surface area contributed by atoms with Crippen molar-refractivity contribution in [3.8, 4) is 17.5 Å². The highest BCUT2D eigenvalue weighted by molar-refractivity contribution is 6.35. The van der Waals surface area contributed by atoms with Gasteiger partial charge in [0.1, 0.15) is 6.04 Å². The molecule has 9 nitrogen and oxygen atoms in total. The number of hydrogen-bond donors (Lipinski definition) is 1. The SMILES string of the molecule is Cc1nn(-c2ccc(Cl)cc2Cl)c(C)c1CC(=O)N1CCC(C#Cc2cccc3c2CN(C2CCC(=O)NC2=O)C3=O)CC1. The molecule has 1 atom stereocenters. The van der Waals surface area contributed by atoms with Gasteiger partial charge in [0, 0.05) is 59.4 Å². The Labute approximate surface area is 265 Å². The standard InChI is InChI=1S/C33H31Cl2N5O4/c1-19-25(20(2)40(37-19)28-9-8-23(34)16-27(28)35)17-31(42)38-14-12-21(13-15-38)6-7-22-4-3-5-24-26(22)18-39(33(24)44)29-10-11-30(41)36-32(29)43/h3-5,8-9,16,21,29H,10-15,17-18H2,1-2H3,(H,36,41,43). The maximum absolute atomic E-state index is 13.3. The van der Waals surface area contributed by atoms with Crippen LogP contribution in [0.1, 0.15) is 64.1 Å². The van der Waals surface area contributed by atoms with Gasteiger partial charge in [-0.1, -0.05) is 41.1 Å². The minimum atomic E-state index is -0.660. The van der Waals surface area contributed by atoms with Gasteiger partial charge in [0.25, 0.3) is 5.91 Å². The van der Waals surface area contributed by atoms with E-state index in [1.165, 1.54) is 0 Å². The largest absolute Gasteiger partial charge is 0.342 e. The van der Waals surface area contributed by atoms with Crippen molar-refractivity contribution in [2.45, 2.75) is 58.5 Å². The van der Waals surface area contributed by atoms with E-state index in [0.29, 0.717) is 40.8 Å². The third kappa shape index (κ3) is 5.72. The molecule has 0 saturated carbocycles. The number of nitrogens with zero attached hydrogens (tertiary/aromatic N) is 4. The molecule has 6 rings (SSSR count). The molecule has 1 N–H and O–H groups in total. The van der Waals surface area contributed by atoms with E-state index in [4.69, 9.17) is 23.2 Å². The van der Waals surface area contributed by atoms with Crippen molar-refractivity contribution in [2.24, 2.45) is 5.92 Å². The molecule has 2 saturated heterocycles. The lowest BCUT2D eigenvalue weighted by Crippen LogP contribution is -2.52. The van der Waals surface area contributed by atoms with Gasteiger partial charge in [-0.05, 0) is 69.0 Å². The lowest BCUT2D eigenvalue weighted by atomic mass is 9.95. The first kappa shape index (κ1) is 29.9. The Balaban J connectivity index is 1.09. The Bertz CT molecular complexity index is 1760. The lowest BCUT2D eigenvalue weighted by Gasteiger charge is -2.30. The molecule has 3 aliphatic rings. The topological polar surface area (TPSA) is 105 Å². The number of carbonyl (C=O) groups excluding carboxylic acids is 4. The number of rotatable bonds is 4. The van der Waals surface area contributed by atoms with Crippen LogP contribution in [0.2, 0.25) is 10.0 Å². The highest BCUT2D eigenvalue weighted by Gasteiger charge is 2.39. The van der Waals surface area contributed by atoms with Crippen molar-refractivity contribution >= 4 is 46.8 Å². The Morgan fingerprint density at radius 3 is 2.57 bits per heavy atom. The molecule has 226 valence electrons. The van der Waals surface area contributed by atoms with E-state index in [1.54, 1.807) is 27.8 Å². The number of hydrogen-bond acceptors (Lipinski definition) is 5. The summed E-state index contributed by atoms with van der Waals surface area (Å²) in [6.07, 6.45) is 2.30. The smallest absolute Gasteiger partial charge is 0.255 e. The van der Waals surface area contributed by atoms with Gasteiger partial charge in [0.15, 0.2) is 0 Å². The zero-order valence-electron chi connectivity index (χ0n) is 24.5. The number of fused-ring (bicyclic) bond motifs is 1. The van der Waals surface area contributed by atoms with E-state index in [1.807, 2.05) is 36.9 Å². The van der Waals surface area contributed by atoms with Crippen molar-refractivity contribution < 1.29 is 19.2 Å². The Kier molecular flexibility index (Phi) is 8.23. The molecular formula is C33H31Cl2N5O4. The van der Waals surface area contributed by atoms with Crippen molar-refractivity contribution in [3.63, 3.8) is 0 Å². The van der Waals surface area contributed by atoms with Crippen molar-refractivity contribution in [3.05, 3.63) is 80.1 Å². The molecule has 11 heteroatoms. The number of likely N-dealkylation sites (tertiary alicyclic amines) is 1. The fourth-order valence-corrected chi connectivity index (χ4v) is 6.73. The summed E-state index contributed by atoms with van der Waals surface area (Å²) < 4.78 is 1.76. The molecule has 0 spiro atoms. The first-order valence-corrected chi connectivity index (χ1v) is 15.4. The van der Waals surface area contributed by atoms with Gasteiger partial charge in [0.05, 0.1) is 22.8 Å². The summed E-state index contributed by atoms with van der Waals surface area (Å²) in [5, 5.41) is 8.01. The maximum atomic E-state index is 13.3. The highest BCUT2D eigenvalue weighted by Crippen LogP contribution is 2.30. The number of carbonyl (C=O) groups is 4. The summed E-state index contributed by atoms with van der Waals surface area (Å²) >= 11 is 12.5. The molecule has 0 bridgehead atoms. The summed E-state index contributed by atoms with van der Waals surface area (Å²) in [5.41, 5.74) is 5.39. The average molecular weight is 633 g/mol. The Morgan fingerprint density at radius 1 is 1.07 bits per heavy atom. The van der Waals surface area contributed by atoms with Crippen LogP contribution < -0.4 is 5.32 Å². The average Bonchev–Trinajstić information content (AvgIpc) is 3.47. The molecule has 1 unspecified atom stereocenters. The van der Waals surface area contributed by atoms with Gasteiger partial charge in [0.2, 0.25) is 17.7 Å². The van der Waals surface area contributed by atoms with Gasteiger partial charge in [-0.25, -0.2) is 4.68 Å². The first-order chi connectivity index (χ1) is 21.1. The van der Waals surface area contributed by atoms with Gasteiger partial charge < -0.3 is 9.80 Å². The summed E-state index contributed by atoms with van der Waals surface area (Å²) in [7, 11) is 0. The molecule has 4 amide bonds. The molecule has 2 aromatic carbocycles. The van der Waals surface area contributed by atoms with Gasteiger partial charge >= 0.3 is 0 Å². The molecule has 44 heavy (non-hydrogen) atoms. The number of aryl methyl sites for hydroxylation is 1. The van der Waals surface area contributed by atoms with Crippen LogP contribution in [0.15, 0.2) is 36.4 Å². The molecular weight excluding hydrogens is 601 g/mol. The van der Waals surface area contributed by atoms with Crippen LogP contribution in [0.5, 0.6) is 0 Å². The lowest BCUT2D eigenvalue weighted by molar-refractivity contribution is -0.137. The number of piperidine rings is 2. The number of halogens is 2. The quantitative estimate of drug-likeness (QED) is 0.340. The number of amides is 4. The van der Waals surface area contributed by atoms with E-state index in [9.17, 15) is 19.2 Å². The van der Waals surface area contributed by atoms with Crippen LogP contribution in [-0.4, -0.2) is 62.3 Å². The molecule has 0 aliphatic carbocycles. The zero-order valence-corrected chi connectivity index (χ0v) is 26.0. The van der Waals surface area contributed by atoms with Crippen LogP contribution in [0, 0.1) is 31.6 Å².